The van der Waals surface area contributed by atoms with Gasteiger partial charge < -0.3 is 30.1 Å². The number of aromatic hydroxyl groups is 1. The Morgan fingerprint density at radius 3 is 2.58 bits per heavy atom. The van der Waals surface area contributed by atoms with Gasteiger partial charge in [-0.15, -0.1) is 11.8 Å². The number of thioether (sulfide) groups is 1. The van der Waals surface area contributed by atoms with Crippen molar-refractivity contribution in [1.29, 1.82) is 0 Å². The van der Waals surface area contributed by atoms with Gasteiger partial charge in [0.25, 0.3) is 11.8 Å². The maximum atomic E-state index is 13.7. The summed E-state index contributed by atoms with van der Waals surface area (Å²) in [5.41, 5.74) is 1.50. The fourth-order valence-electron chi connectivity index (χ4n) is 5.69. The Labute approximate surface area is 238 Å². The Morgan fingerprint density at radius 2 is 1.85 bits per heavy atom. The molecule has 5 rings (SSSR count). The number of morpholine rings is 1. The number of hydrogen-bond donors (Lipinski definition) is 3. The molecule has 3 saturated heterocycles. The average molecular weight is 569 g/mol. The summed E-state index contributed by atoms with van der Waals surface area (Å²) in [5, 5.41) is 24.2. The number of nitrogens with one attached hydrogen (secondary N) is 1. The van der Waals surface area contributed by atoms with Crippen molar-refractivity contribution in [3.05, 3.63) is 65.2 Å². The van der Waals surface area contributed by atoms with E-state index in [0.29, 0.717) is 25.3 Å². The molecule has 0 spiro atoms. The number of nitrogens with zero attached hydrogens (tertiary/aromatic N) is 3. The summed E-state index contributed by atoms with van der Waals surface area (Å²) in [6.45, 7) is 7.96. The standard InChI is InChI=1S/C29H36N4O6S/c1-19-21(9-6-10-23(19)34)26(36)30-22(17-20-7-4-3-5-8-20)24(35)27(37)32-18-40-29(2)25(32)28(38)33(29)12-11-31-13-15-39-16-14-31/h3-10,22,24-25,34-35H,11-18H2,1-2H3,(H,30,36)/t22-,24-,25+,29?/m0/s1. The molecule has 0 radical (unpaired) electrons. The highest BCUT2D eigenvalue weighted by atomic mass is 32.2. The van der Waals surface area contributed by atoms with Gasteiger partial charge in [0, 0.05) is 37.3 Å². The second kappa shape index (κ2) is 11.8. The summed E-state index contributed by atoms with van der Waals surface area (Å²) in [6, 6.07) is 12.3. The second-order valence-corrected chi connectivity index (χ2v) is 12.0. The Balaban J connectivity index is 1.29. The molecule has 0 bridgehead atoms. The van der Waals surface area contributed by atoms with Crippen molar-refractivity contribution in [3.63, 3.8) is 0 Å². The molecule has 10 nitrogen and oxygen atoms in total. The van der Waals surface area contributed by atoms with Crippen LogP contribution in [0.25, 0.3) is 0 Å². The number of benzene rings is 2. The zero-order valence-corrected chi connectivity index (χ0v) is 23.6. The number of β-lactam (4-membered cyclic amide) rings is 1. The van der Waals surface area contributed by atoms with Crippen LogP contribution < -0.4 is 5.32 Å². The molecule has 40 heavy (non-hydrogen) atoms. The van der Waals surface area contributed by atoms with E-state index >= 15 is 0 Å². The van der Waals surface area contributed by atoms with Crippen molar-refractivity contribution < 1.29 is 29.3 Å². The van der Waals surface area contributed by atoms with Gasteiger partial charge in [-0.25, -0.2) is 0 Å². The highest BCUT2D eigenvalue weighted by molar-refractivity contribution is 8.01. The van der Waals surface area contributed by atoms with Crippen LogP contribution in [0.5, 0.6) is 5.75 Å². The van der Waals surface area contributed by atoms with Crippen LogP contribution in [0.1, 0.15) is 28.4 Å². The molecule has 3 heterocycles. The van der Waals surface area contributed by atoms with Crippen molar-refractivity contribution in [2.45, 2.75) is 43.3 Å². The molecule has 3 aliphatic rings. The van der Waals surface area contributed by atoms with Crippen molar-refractivity contribution in [3.8, 4) is 5.75 Å². The fraction of sp³-hybridized carbons (Fsp3) is 0.483. The maximum Gasteiger partial charge on any atom is 0.255 e. The summed E-state index contributed by atoms with van der Waals surface area (Å²) in [6.07, 6.45) is -1.36. The number of amides is 3. The summed E-state index contributed by atoms with van der Waals surface area (Å²) >= 11 is 1.52. The minimum atomic E-state index is -1.57. The van der Waals surface area contributed by atoms with Gasteiger partial charge in [0.05, 0.1) is 25.1 Å². The van der Waals surface area contributed by atoms with Crippen molar-refractivity contribution >= 4 is 29.5 Å². The Kier molecular flexibility index (Phi) is 8.37. The van der Waals surface area contributed by atoms with Crippen molar-refractivity contribution in [2.75, 3.05) is 45.3 Å². The van der Waals surface area contributed by atoms with Crippen LogP contribution in [-0.4, -0.2) is 111 Å². The lowest BCUT2D eigenvalue weighted by Gasteiger charge is -2.53. The van der Waals surface area contributed by atoms with Crippen LogP contribution in [0, 0.1) is 6.92 Å². The van der Waals surface area contributed by atoms with E-state index in [2.05, 4.69) is 10.2 Å². The number of rotatable bonds is 9. The zero-order chi connectivity index (χ0) is 28.4. The summed E-state index contributed by atoms with van der Waals surface area (Å²) in [4.78, 5) is 45.1. The highest BCUT2D eigenvalue weighted by Gasteiger charge is 2.65. The number of carbonyl (C=O) groups is 3. The number of carbonyl (C=O) groups excluding carboxylic acids is 3. The quantitative estimate of drug-likeness (QED) is 0.386. The summed E-state index contributed by atoms with van der Waals surface area (Å²) in [5.74, 6) is -0.958. The van der Waals surface area contributed by atoms with Gasteiger partial charge in [-0.05, 0) is 38.0 Å². The molecule has 3 aliphatic heterocycles. The van der Waals surface area contributed by atoms with Crippen LogP contribution in [0.2, 0.25) is 0 Å². The number of hydrogen-bond acceptors (Lipinski definition) is 8. The van der Waals surface area contributed by atoms with Crippen LogP contribution in [0.4, 0.5) is 0 Å². The first-order valence-corrected chi connectivity index (χ1v) is 14.6. The molecule has 0 saturated carbocycles. The molecule has 1 unspecified atom stereocenters. The molecular weight excluding hydrogens is 532 g/mol. The molecule has 4 atom stereocenters. The van der Waals surface area contributed by atoms with Gasteiger partial charge in [-0.2, -0.15) is 0 Å². The van der Waals surface area contributed by atoms with E-state index in [0.717, 1.165) is 25.2 Å². The van der Waals surface area contributed by atoms with Crippen LogP contribution in [0.15, 0.2) is 48.5 Å². The van der Waals surface area contributed by atoms with Crippen molar-refractivity contribution in [2.24, 2.45) is 0 Å². The first-order valence-electron chi connectivity index (χ1n) is 13.6. The van der Waals surface area contributed by atoms with E-state index in [1.54, 1.807) is 19.1 Å². The Morgan fingerprint density at radius 1 is 1.12 bits per heavy atom. The summed E-state index contributed by atoms with van der Waals surface area (Å²) < 4.78 is 5.41. The highest BCUT2D eigenvalue weighted by Crippen LogP contribution is 2.50. The normalized spacial score (nSPS) is 24.3. The third-order valence-electron chi connectivity index (χ3n) is 8.18. The SMILES string of the molecule is Cc1c(O)cccc1C(=O)N[C@@H](Cc1ccccc1)[C@H](O)C(=O)N1CSC2(C)[C@H]1C(=O)N2CCN1CCOCC1. The fourth-order valence-corrected chi connectivity index (χ4v) is 7.09. The summed E-state index contributed by atoms with van der Waals surface area (Å²) in [7, 11) is 0. The van der Waals surface area contributed by atoms with Gasteiger partial charge in [0.1, 0.15) is 16.7 Å². The monoisotopic (exact) mass is 568 g/mol. The third-order valence-corrected chi connectivity index (χ3v) is 9.61. The molecule has 0 aliphatic carbocycles. The zero-order valence-electron chi connectivity index (χ0n) is 22.8. The van der Waals surface area contributed by atoms with Crippen LogP contribution in [-0.2, 0) is 20.7 Å². The molecule has 3 fully saturated rings. The predicted octanol–water partition coefficient (Wildman–Crippen LogP) is 1.19. The predicted molar refractivity (Wildman–Crippen MR) is 151 cm³/mol. The van der Waals surface area contributed by atoms with Gasteiger partial charge in [-0.1, -0.05) is 36.4 Å². The van der Waals surface area contributed by atoms with E-state index in [4.69, 9.17) is 4.74 Å². The van der Waals surface area contributed by atoms with Crippen molar-refractivity contribution in [1.82, 2.24) is 20.0 Å². The molecule has 3 amide bonds. The van der Waals surface area contributed by atoms with Gasteiger partial charge in [0.2, 0.25) is 5.91 Å². The largest absolute Gasteiger partial charge is 0.508 e. The van der Waals surface area contributed by atoms with E-state index in [9.17, 15) is 24.6 Å². The lowest BCUT2D eigenvalue weighted by molar-refractivity contribution is -0.167. The molecule has 11 heteroatoms. The molecule has 214 valence electrons. The lowest BCUT2D eigenvalue weighted by atomic mass is 9.92. The number of ether oxygens (including phenoxy) is 1. The first kappa shape index (κ1) is 28.4. The molecule has 0 aromatic heterocycles. The number of phenolic OH excluding ortho intramolecular Hbond substituents is 1. The number of likely N-dealkylation sites (tertiary alicyclic amines) is 1. The minimum absolute atomic E-state index is 0.0149. The average Bonchev–Trinajstić information content (AvgIpc) is 3.27. The second-order valence-electron chi connectivity index (χ2n) is 10.6. The molecule has 3 N–H and O–H groups in total. The van der Waals surface area contributed by atoms with Crippen LogP contribution >= 0.6 is 11.8 Å². The smallest absolute Gasteiger partial charge is 0.255 e. The topological polar surface area (TPSA) is 123 Å². The Bertz CT molecular complexity index is 1260. The molecule has 2 aromatic rings. The number of aliphatic hydroxyl groups excluding tert-OH is 1. The first-order chi connectivity index (χ1) is 19.2. The van der Waals surface area contributed by atoms with Gasteiger partial charge >= 0.3 is 0 Å². The lowest BCUT2D eigenvalue weighted by Crippen LogP contribution is -2.74. The van der Waals surface area contributed by atoms with E-state index in [1.807, 2.05) is 42.2 Å². The third kappa shape index (κ3) is 5.43. The van der Waals surface area contributed by atoms with E-state index < -0.39 is 34.9 Å². The van der Waals surface area contributed by atoms with Gasteiger partial charge in [-0.3, -0.25) is 19.3 Å². The molecular formula is C29H36N4O6S. The van der Waals surface area contributed by atoms with E-state index in [-0.39, 0.29) is 29.5 Å². The Hall–Kier alpha value is -3.12. The maximum absolute atomic E-state index is 13.7. The van der Waals surface area contributed by atoms with Gasteiger partial charge in [0.15, 0.2) is 6.10 Å². The minimum Gasteiger partial charge on any atom is -0.508 e. The van der Waals surface area contributed by atoms with E-state index in [1.165, 1.54) is 22.7 Å². The number of fused-ring (bicyclic) bond motifs is 1. The van der Waals surface area contributed by atoms with Crippen LogP contribution in [0.3, 0.4) is 0 Å². The number of phenols is 1. The number of aliphatic hydroxyl groups is 1. The molecule has 2 aromatic carbocycles.